The molecule has 0 aliphatic carbocycles. The van der Waals surface area contributed by atoms with Gasteiger partial charge < -0.3 is 4.74 Å². The van der Waals surface area contributed by atoms with Crippen molar-refractivity contribution in [2.24, 2.45) is 0 Å². The molecule has 0 saturated heterocycles. The van der Waals surface area contributed by atoms with Gasteiger partial charge in [-0.1, -0.05) is 42.5 Å². The molecule has 3 aromatic rings. The lowest BCUT2D eigenvalue weighted by Crippen LogP contribution is -2.15. The summed E-state index contributed by atoms with van der Waals surface area (Å²) in [4.78, 5) is 11.9. The van der Waals surface area contributed by atoms with Crippen LogP contribution in [-0.2, 0) is 16.1 Å². The Morgan fingerprint density at radius 1 is 1.12 bits per heavy atom. The summed E-state index contributed by atoms with van der Waals surface area (Å²) < 4.78 is 6.70. The van der Waals surface area contributed by atoms with Crippen LogP contribution in [0.5, 0.6) is 0 Å². The van der Waals surface area contributed by atoms with Crippen molar-refractivity contribution >= 4 is 5.97 Å². The van der Waals surface area contributed by atoms with E-state index in [4.69, 9.17) is 10.00 Å². The Kier molecular flexibility index (Phi) is 4.91. The fraction of sp³-hybridized carbons (Fsp3) is 0.150. The zero-order valence-electron chi connectivity index (χ0n) is 13.8. The molecule has 0 amide bonds. The molecule has 1 heterocycles. The maximum Gasteiger partial charge on any atom is 0.327 e. The van der Waals surface area contributed by atoms with Gasteiger partial charge in [0, 0.05) is 11.1 Å². The van der Waals surface area contributed by atoms with Gasteiger partial charge in [0.2, 0.25) is 0 Å². The highest BCUT2D eigenvalue weighted by molar-refractivity contribution is 5.82. The normalized spacial score (nSPS) is 10.2. The van der Waals surface area contributed by atoms with Gasteiger partial charge in [0.1, 0.15) is 6.54 Å². The van der Waals surface area contributed by atoms with Crippen molar-refractivity contribution in [2.75, 3.05) is 6.61 Å². The molecule has 0 atom stereocenters. The fourth-order valence-corrected chi connectivity index (χ4v) is 2.67. The number of ether oxygens (including phenoxy) is 1. The van der Waals surface area contributed by atoms with E-state index in [0.717, 1.165) is 22.4 Å². The number of nitriles is 1. The highest BCUT2D eigenvalue weighted by atomic mass is 16.5. The quantitative estimate of drug-likeness (QED) is 0.669. The van der Waals surface area contributed by atoms with Gasteiger partial charge in [-0.05, 0) is 24.6 Å². The molecule has 5 heteroatoms. The van der Waals surface area contributed by atoms with E-state index in [1.54, 1.807) is 29.9 Å². The van der Waals surface area contributed by atoms with Crippen molar-refractivity contribution in [1.29, 1.82) is 5.26 Å². The minimum absolute atomic E-state index is 0.0499. The molecule has 0 bridgehead atoms. The molecule has 124 valence electrons. The zero-order chi connectivity index (χ0) is 17.6. The number of rotatable bonds is 5. The van der Waals surface area contributed by atoms with Gasteiger partial charge in [-0.2, -0.15) is 10.4 Å². The molecule has 0 N–H and O–H groups in total. The molecule has 25 heavy (non-hydrogen) atoms. The lowest BCUT2D eigenvalue weighted by atomic mass is 10.0. The van der Waals surface area contributed by atoms with E-state index in [1.807, 2.05) is 42.5 Å². The summed E-state index contributed by atoms with van der Waals surface area (Å²) in [5, 5.41) is 13.4. The molecular weight excluding hydrogens is 314 g/mol. The van der Waals surface area contributed by atoms with Crippen LogP contribution in [0.15, 0.2) is 60.8 Å². The average molecular weight is 331 g/mol. The SMILES string of the molecule is CCOC(=O)Cn1ncc(-c2ccc(C#N)cc2)c1-c1ccccc1. The summed E-state index contributed by atoms with van der Waals surface area (Å²) in [6, 6.07) is 19.2. The Morgan fingerprint density at radius 3 is 2.48 bits per heavy atom. The number of nitrogens with zero attached hydrogens (tertiary/aromatic N) is 3. The summed E-state index contributed by atoms with van der Waals surface area (Å²) in [5.41, 5.74) is 4.25. The third-order valence-electron chi connectivity index (χ3n) is 3.80. The first-order valence-electron chi connectivity index (χ1n) is 8.00. The molecule has 3 rings (SSSR count). The number of hydrogen-bond acceptors (Lipinski definition) is 4. The van der Waals surface area contributed by atoms with Crippen LogP contribution in [0.4, 0.5) is 0 Å². The second-order valence-electron chi connectivity index (χ2n) is 5.42. The van der Waals surface area contributed by atoms with Gasteiger partial charge in [0.15, 0.2) is 0 Å². The molecule has 0 saturated carbocycles. The van der Waals surface area contributed by atoms with E-state index < -0.39 is 0 Å². The minimum atomic E-state index is -0.325. The van der Waals surface area contributed by atoms with Crippen LogP contribution in [0.3, 0.4) is 0 Å². The molecule has 0 spiro atoms. The summed E-state index contributed by atoms with van der Waals surface area (Å²) in [6.07, 6.45) is 1.74. The number of aromatic nitrogens is 2. The van der Waals surface area contributed by atoms with E-state index in [0.29, 0.717) is 12.2 Å². The van der Waals surface area contributed by atoms with Crippen LogP contribution >= 0.6 is 0 Å². The summed E-state index contributed by atoms with van der Waals surface area (Å²) in [5.74, 6) is -0.325. The van der Waals surface area contributed by atoms with Crippen molar-refractivity contribution in [3.8, 4) is 28.5 Å². The molecule has 0 radical (unpaired) electrons. The highest BCUT2D eigenvalue weighted by Gasteiger charge is 2.17. The smallest absolute Gasteiger partial charge is 0.327 e. The Hall–Kier alpha value is -3.39. The topological polar surface area (TPSA) is 67.9 Å². The molecule has 1 aromatic heterocycles. The highest BCUT2D eigenvalue weighted by Crippen LogP contribution is 2.32. The molecule has 0 aliphatic heterocycles. The molecule has 0 aliphatic rings. The van der Waals surface area contributed by atoms with Gasteiger partial charge in [-0.15, -0.1) is 0 Å². The van der Waals surface area contributed by atoms with E-state index in [9.17, 15) is 4.79 Å². The molecule has 2 aromatic carbocycles. The molecule has 0 fully saturated rings. The van der Waals surface area contributed by atoms with Crippen LogP contribution in [0, 0.1) is 11.3 Å². The first-order chi connectivity index (χ1) is 12.2. The lowest BCUT2D eigenvalue weighted by molar-refractivity contribution is -0.144. The number of carbonyl (C=O) groups excluding carboxylic acids is 1. The van der Waals surface area contributed by atoms with E-state index in [1.165, 1.54) is 0 Å². The third-order valence-corrected chi connectivity index (χ3v) is 3.80. The number of esters is 1. The number of hydrogen-bond donors (Lipinski definition) is 0. The van der Waals surface area contributed by atoms with Gasteiger partial charge >= 0.3 is 5.97 Å². The minimum Gasteiger partial charge on any atom is -0.465 e. The molecule has 5 nitrogen and oxygen atoms in total. The van der Waals surface area contributed by atoms with Crippen molar-refractivity contribution in [2.45, 2.75) is 13.5 Å². The van der Waals surface area contributed by atoms with Gasteiger partial charge in [0.05, 0.1) is 30.1 Å². The van der Waals surface area contributed by atoms with Gasteiger partial charge in [-0.25, -0.2) is 0 Å². The predicted molar refractivity (Wildman–Crippen MR) is 94.4 cm³/mol. The summed E-state index contributed by atoms with van der Waals surface area (Å²) >= 11 is 0. The van der Waals surface area contributed by atoms with Crippen LogP contribution in [0.1, 0.15) is 12.5 Å². The summed E-state index contributed by atoms with van der Waals surface area (Å²) in [7, 11) is 0. The molecule has 0 unspecified atom stereocenters. The first kappa shape index (κ1) is 16.5. The number of benzene rings is 2. The van der Waals surface area contributed by atoms with Crippen molar-refractivity contribution < 1.29 is 9.53 Å². The standard InChI is InChI=1S/C20H17N3O2/c1-2-25-19(24)14-23-20(17-6-4-3-5-7-17)18(13-22-23)16-10-8-15(12-21)9-11-16/h3-11,13H,2,14H2,1H3. The maximum atomic E-state index is 11.9. The predicted octanol–water partition coefficient (Wildman–Crippen LogP) is 3.65. The zero-order valence-corrected chi connectivity index (χ0v) is 13.8. The summed E-state index contributed by atoms with van der Waals surface area (Å²) in [6.45, 7) is 2.17. The van der Waals surface area contributed by atoms with Crippen LogP contribution in [0.25, 0.3) is 22.4 Å². The van der Waals surface area contributed by atoms with Crippen molar-refractivity contribution in [3.05, 3.63) is 66.4 Å². The Bertz CT molecular complexity index is 906. The van der Waals surface area contributed by atoms with E-state index >= 15 is 0 Å². The van der Waals surface area contributed by atoms with E-state index in [2.05, 4.69) is 11.2 Å². The third kappa shape index (κ3) is 3.59. The van der Waals surface area contributed by atoms with Gasteiger partial charge in [0.25, 0.3) is 0 Å². The Balaban J connectivity index is 2.07. The average Bonchev–Trinajstić information content (AvgIpc) is 3.06. The largest absolute Gasteiger partial charge is 0.465 e. The number of carbonyl (C=O) groups is 1. The second-order valence-corrected chi connectivity index (χ2v) is 5.42. The van der Waals surface area contributed by atoms with Crippen LogP contribution in [0.2, 0.25) is 0 Å². The van der Waals surface area contributed by atoms with Crippen molar-refractivity contribution in [1.82, 2.24) is 9.78 Å². The first-order valence-corrected chi connectivity index (χ1v) is 8.00. The van der Waals surface area contributed by atoms with Crippen LogP contribution in [-0.4, -0.2) is 22.4 Å². The maximum absolute atomic E-state index is 11.9. The Morgan fingerprint density at radius 2 is 1.84 bits per heavy atom. The lowest BCUT2D eigenvalue weighted by Gasteiger charge is -2.10. The Labute approximate surface area is 146 Å². The van der Waals surface area contributed by atoms with Crippen LogP contribution < -0.4 is 0 Å². The second kappa shape index (κ2) is 7.45. The fourth-order valence-electron chi connectivity index (χ4n) is 2.67. The van der Waals surface area contributed by atoms with Gasteiger partial charge in [-0.3, -0.25) is 9.48 Å². The monoisotopic (exact) mass is 331 g/mol. The molecular formula is C20H17N3O2. The van der Waals surface area contributed by atoms with Crippen molar-refractivity contribution in [3.63, 3.8) is 0 Å². The van der Waals surface area contributed by atoms with E-state index in [-0.39, 0.29) is 12.5 Å².